The standard InChI is InChI=1S/C45H33F6NO6/c1-58-37-18-24(13-17-36(37)53)12-16-34-30-14-15-31-39(42(57)52(41(31)56)29-20-27(44(46,47)48)19-28(21-29)45(49,50)51)33(30)22-35-40(55)32(25-8-4-2-5-9-25)23-38(54)43(34,35)26-10-6-3-7-11-26/h2-14,16-21,23,31,33-35,39,53H,15,22H2,1H3/t31-,33+,34-,35-,39-,43-/m0/s1. The van der Waals surface area contributed by atoms with Gasteiger partial charge in [0.2, 0.25) is 11.8 Å². The van der Waals surface area contributed by atoms with E-state index in [2.05, 4.69) is 0 Å². The average Bonchev–Trinajstić information content (AvgIpc) is 3.46. The van der Waals surface area contributed by atoms with Crippen LogP contribution in [-0.4, -0.2) is 35.6 Å². The molecule has 2 amide bonds. The SMILES string of the molecule is COc1cc(C=C[C@H]2C3=CC[C@@H]4C(=O)N(c5cc(C(F)(F)F)cc(C(F)(F)F)c5)C(=O)[C@@H]4[C@@H]3C[C@H]3C(=O)C(c4ccccc4)=CC(=O)[C@@]23c2ccccc2)ccc1O. The summed E-state index contributed by atoms with van der Waals surface area (Å²) in [6, 6.07) is 22.5. The summed E-state index contributed by atoms with van der Waals surface area (Å²) in [5.41, 5.74) is -3.58. The van der Waals surface area contributed by atoms with Crippen molar-refractivity contribution in [3.63, 3.8) is 0 Å². The highest BCUT2D eigenvalue weighted by molar-refractivity contribution is 6.31. The average molecular weight is 798 g/mol. The van der Waals surface area contributed by atoms with Crippen LogP contribution in [0.15, 0.2) is 121 Å². The monoisotopic (exact) mass is 797 g/mol. The first-order chi connectivity index (χ1) is 27.5. The number of amides is 2. The molecule has 3 aliphatic carbocycles. The number of halogens is 6. The maximum atomic E-state index is 15.1. The number of aromatic hydroxyl groups is 1. The number of ketones is 2. The topological polar surface area (TPSA) is 101 Å². The number of methoxy groups -OCH3 is 1. The zero-order chi connectivity index (χ0) is 41.3. The van der Waals surface area contributed by atoms with E-state index in [1.807, 2.05) is 0 Å². The number of carbonyl (C=O) groups excluding carboxylic acids is 4. The van der Waals surface area contributed by atoms with Gasteiger partial charge in [0.05, 0.1) is 41.2 Å². The minimum Gasteiger partial charge on any atom is -0.504 e. The summed E-state index contributed by atoms with van der Waals surface area (Å²) >= 11 is 0. The van der Waals surface area contributed by atoms with Gasteiger partial charge in [-0.3, -0.25) is 19.2 Å². The van der Waals surface area contributed by atoms with E-state index in [-0.39, 0.29) is 41.8 Å². The molecule has 2 fully saturated rings. The molecule has 6 atom stereocenters. The molecule has 296 valence electrons. The molecule has 7 nitrogen and oxygen atoms in total. The Kier molecular flexibility index (Phi) is 9.32. The highest BCUT2D eigenvalue weighted by Gasteiger charge is 2.65. The lowest BCUT2D eigenvalue weighted by Crippen LogP contribution is -2.59. The Hall–Kier alpha value is -6.24. The van der Waals surface area contributed by atoms with E-state index in [1.54, 1.807) is 91.0 Å². The molecule has 0 aromatic heterocycles. The normalized spacial score (nSPS) is 25.9. The minimum atomic E-state index is -5.23. The van der Waals surface area contributed by atoms with Crippen LogP contribution < -0.4 is 9.64 Å². The van der Waals surface area contributed by atoms with Crippen molar-refractivity contribution < 1.29 is 55.4 Å². The van der Waals surface area contributed by atoms with E-state index in [1.165, 1.54) is 19.3 Å². The fourth-order valence-electron chi connectivity index (χ4n) is 9.45. The van der Waals surface area contributed by atoms with Gasteiger partial charge in [-0.15, -0.1) is 0 Å². The van der Waals surface area contributed by atoms with Crippen molar-refractivity contribution in [1.29, 1.82) is 0 Å². The molecule has 8 rings (SSSR count). The van der Waals surface area contributed by atoms with Crippen molar-refractivity contribution in [3.05, 3.63) is 149 Å². The van der Waals surface area contributed by atoms with Crippen LogP contribution in [0.4, 0.5) is 32.0 Å². The van der Waals surface area contributed by atoms with Crippen molar-refractivity contribution in [3.8, 4) is 11.5 Å². The summed E-state index contributed by atoms with van der Waals surface area (Å²) < 4.78 is 88.9. The van der Waals surface area contributed by atoms with Gasteiger partial charge in [0.25, 0.3) is 0 Å². The number of carbonyl (C=O) groups is 4. The number of rotatable bonds is 6. The number of alkyl halides is 6. The highest BCUT2D eigenvalue weighted by atomic mass is 19.4. The summed E-state index contributed by atoms with van der Waals surface area (Å²) in [6.07, 6.45) is -4.21. The van der Waals surface area contributed by atoms with E-state index in [0.717, 1.165) is 0 Å². The molecule has 0 unspecified atom stereocenters. The molecule has 1 aliphatic heterocycles. The van der Waals surface area contributed by atoms with Crippen molar-refractivity contribution in [2.75, 3.05) is 12.0 Å². The third-order valence-corrected chi connectivity index (χ3v) is 12.0. The molecule has 1 heterocycles. The van der Waals surface area contributed by atoms with E-state index in [4.69, 9.17) is 4.74 Å². The number of Topliss-reactive ketones (excluding diaryl/α,β-unsaturated/α-hetero) is 1. The summed E-state index contributed by atoms with van der Waals surface area (Å²) in [5.74, 6) is -8.14. The molecule has 13 heteroatoms. The largest absolute Gasteiger partial charge is 0.504 e. The third kappa shape index (κ3) is 6.14. The van der Waals surface area contributed by atoms with Gasteiger partial charge in [-0.25, -0.2) is 4.90 Å². The Morgan fingerprint density at radius 2 is 1.43 bits per heavy atom. The molecule has 1 saturated carbocycles. The Morgan fingerprint density at radius 1 is 0.793 bits per heavy atom. The van der Waals surface area contributed by atoms with Crippen LogP contribution in [0, 0.1) is 29.6 Å². The summed E-state index contributed by atoms with van der Waals surface area (Å²) in [5, 5.41) is 10.3. The van der Waals surface area contributed by atoms with Crippen molar-refractivity contribution in [2.24, 2.45) is 29.6 Å². The van der Waals surface area contributed by atoms with Gasteiger partial charge >= 0.3 is 12.4 Å². The van der Waals surface area contributed by atoms with Crippen molar-refractivity contribution in [2.45, 2.75) is 30.6 Å². The molecular formula is C45H33F6NO6. The van der Waals surface area contributed by atoms with Crippen molar-refractivity contribution in [1.82, 2.24) is 0 Å². The number of nitrogens with zero attached hydrogens (tertiary/aromatic N) is 1. The Bertz CT molecular complexity index is 2420. The fourth-order valence-corrected chi connectivity index (χ4v) is 9.45. The smallest absolute Gasteiger partial charge is 0.416 e. The molecule has 0 bridgehead atoms. The lowest BCUT2D eigenvalue weighted by Gasteiger charge is -2.54. The number of fused-ring (bicyclic) bond motifs is 4. The van der Waals surface area contributed by atoms with Gasteiger partial charge in [0, 0.05) is 17.4 Å². The number of allylic oxidation sites excluding steroid dienone is 5. The predicted molar refractivity (Wildman–Crippen MR) is 200 cm³/mol. The molecule has 4 aliphatic rings. The molecule has 1 saturated heterocycles. The number of anilines is 1. The molecule has 58 heavy (non-hydrogen) atoms. The minimum absolute atomic E-state index is 0.0737. The zero-order valence-corrected chi connectivity index (χ0v) is 30.6. The number of hydrogen-bond donors (Lipinski definition) is 1. The van der Waals surface area contributed by atoms with Crippen molar-refractivity contribution >= 4 is 40.7 Å². The van der Waals surface area contributed by atoms with Gasteiger partial charge in [-0.1, -0.05) is 90.5 Å². The lowest BCUT2D eigenvalue weighted by atomic mass is 9.45. The Morgan fingerprint density at radius 3 is 2.05 bits per heavy atom. The second-order valence-corrected chi connectivity index (χ2v) is 14.9. The van der Waals surface area contributed by atoms with Gasteiger partial charge in [-0.05, 0) is 71.9 Å². The number of benzene rings is 4. The molecule has 4 aromatic carbocycles. The number of phenolic OH excluding ortho intramolecular Hbond substituents is 1. The number of ether oxygens (including phenoxy) is 1. The van der Waals surface area contributed by atoms with Crippen LogP contribution in [0.1, 0.15) is 40.7 Å². The van der Waals surface area contributed by atoms with E-state index in [0.29, 0.717) is 39.3 Å². The predicted octanol–water partition coefficient (Wildman–Crippen LogP) is 9.01. The van der Waals surface area contributed by atoms with Crippen LogP contribution in [0.3, 0.4) is 0 Å². The summed E-state index contributed by atoms with van der Waals surface area (Å²) in [6.45, 7) is 0. The third-order valence-electron chi connectivity index (χ3n) is 12.0. The Labute approximate surface area is 327 Å². The maximum absolute atomic E-state index is 15.1. The first kappa shape index (κ1) is 38.6. The second-order valence-electron chi connectivity index (χ2n) is 14.9. The van der Waals surface area contributed by atoms with Crippen LogP contribution in [0.25, 0.3) is 11.6 Å². The van der Waals surface area contributed by atoms with E-state index >= 15 is 9.59 Å². The van der Waals surface area contributed by atoms with Crippen LogP contribution in [0.2, 0.25) is 0 Å². The number of hydrogen-bond acceptors (Lipinski definition) is 6. The molecular weight excluding hydrogens is 764 g/mol. The number of imide groups is 1. The van der Waals surface area contributed by atoms with Gasteiger partial charge in [0.1, 0.15) is 0 Å². The van der Waals surface area contributed by atoms with Crippen LogP contribution >= 0.6 is 0 Å². The summed E-state index contributed by atoms with van der Waals surface area (Å²) in [4.78, 5) is 59.1. The summed E-state index contributed by atoms with van der Waals surface area (Å²) in [7, 11) is 1.38. The van der Waals surface area contributed by atoms with Gasteiger partial charge < -0.3 is 9.84 Å². The molecule has 1 N–H and O–H groups in total. The number of phenols is 1. The maximum Gasteiger partial charge on any atom is 0.416 e. The van der Waals surface area contributed by atoms with E-state index < -0.39 is 81.8 Å². The lowest BCUT2D eigenvalue weighted by molar-refractivity contribution is -0.143. The van der Waals surface area contributed by atoms with Crippen LogP contribution in [-0.2, 0) is 36.9 Å². The van der Waals surface area contributed by atoms with E-state index in [9.17, 15) is 41.0 Å². The molecule has 4 aromatic rings. The van der Waals surface area contributed by atoms with Gasteiger partial charge in [0.15, 0.2) is 23.1 Å². The van der Waals surface area contributed by atoms with Crippen LogP contribution in [0.5, 0.6) is 11.5 Å². The first-order valence-corrected chi connectivity index (χ1v) is 18.4. The highest BCUT2D eigenvalue weighted by Crippen LogP contribution is 2.61. The quantitative estimate of drug-likeness (QED) is 0.119. The second kappa shape index (κ2) is 14.0. The zero-order valence-electron chi connectivity index (χ0n) is 30.6. The fraction of sp³-hybridized carbons (Fsp3) is 0.244. The molecule has 0 radical (unpaired) electrons. The van der Waals surface area contributed by atoms with Gasteiger partial charge in [-0.2, -0.15) is 26.3 Å². The first-order valence-electron chi connectivity index (χ1n) is 18.4. The Balaban J connectivity index is 1.31. The molecule has 0 spiro atoms.